The number of sulfone groups is 1. The SMILES string of the molecule is CS(=O)(=O)c1c(-c2ccccc2)ccc(N2CCCC(NC(=O)c3ccc(-n4cccn4)nc3)C2=O)c1F. The van der Waals surface area contributed by atoms with Crippen molar-refractivity contribution in [2.24, 2.45) is 0 Å². The van der Waals surface area contributed by atoms with Gasteiger partial charge in [-0.3, -0.25) is 9.59 Å². The number of pyridine rings is 1. The molecule has 194 valence electrons. The van der Waals surface area contributed by atoms with Gasteiger partial charge in [0, 0.05) is 37.0 Å². The highest BCUT2D eigenvalue weighted by Gasteiger charge is 2.34. The second kappa shape index (κ2) is 10.2. The quantitative estimate of drug-likeness (QED) is 0.406. The van der Waals surface area contributed by atoms with Crippen LogP contribution in [0.3, 0.4) is 0 Å². The van der Waals surface area contributed by atoms with E-state index < -0.39 is 38.4 Å². The van der Waals surface area contributed by atoms with Gasteiger partial charge in [0.15, 0.2) is 21.5 Å². The third kappa shape index (κ3) is 4.92. The molecule has 0 bridgehead atoms. The van der Waals surface area contributed by atoms with E-state index in [0.29, 0.717) is 24.2 Å². The maximum atomic E-state index is 15.8. The third-order valence-corrected chi connectivity index (χ3v) is 7.46. The number of nitrogens with zero attached hydrogens (tertiary/aromatic N) is 4. The lowest BCUT2D eigenvalue weighted by Crippen LogP contribution is -2.52. The molecule has 1 fully saturated rings. The highest BCUT2D eigenvalue weighted by atomic mass is 32.2. The van der Waals surface area contributed by atoms with Crippen molar-refractivity contribution < 1.29 is 22.4 Å². The first-order chi connectivity index (χ1) is 18.2. The molecule has 9 nitrogen and oxygen atoms in total. The first-order valence-corrected chi connectivity index (χ1v) is 13.8. The van der Waals surface area contributed by atoms with Crippen molar-refractivity contribution in [3.63, 3.8) is 0 Å². The van der Waals surface area contributed by atoms with Crippen LogP contribution in [0, 0.1) is 5.82 Å². The molecule has 0 saturated carbocycles. The van der Waals surface area contributed by atoms with Gasteiger partial charge in [0.05, 0.1) is 11.3 Å². The van der Waals surface area contributed by atoms with Gasteiger partial charge >= 0.3 is 0 Å². The van der Waals surface area contributed by atoms with Gasteiger partial charge in [-0.1, -0.05) is 36.4 Å². The number of anilines is 1. The number of hydrogen-bond donors (Lipinski definition) is 1. The summed E-state index contributed by atoms with van der Waals surface area (Å²) in [6.07, 6.45) is 6.51. The van der Waals surface area contributed by atoms with Crippen molar-refractivity contribution in [3.8, 4) is 16.9 Å². The van der Waals surface area contributed by atoms with E-state index in [1.54, 1.807) is 65.6 Å². The van der Waals surface area contributed by atoms with Gasteiger partial charge in [-0.25, -0.2) is 22.5 Å². The summed E-state index contributed by atoms with van der Waals surface area (Å²) in [6.45, 7) is 0.191. The number of rotatable bonds is 6. The fourth-order valence-corrected chi connectivity index (χ4v) is 5.53. The van der Waals surface area contributed by atoms with Crippen molar-refractivity contribution in [2.75, 3.05) is 17.7 Å². The zero-order valence-corrected chi connectivity index (χ0v) is 21.2. The summed E-state index contributed by atoms with van der Waals surface area (Å²) in [7, 11) is -3.98. The minimum absolute atomic E-state index is 0.140. The Morgan fingerprint density at radius 1 is 1.08 bits per heavy atom. The molecule has 1 aliphatic heterocycles. The van der Waals surface area contributed by atoms with Gasteiger partial charge in [0.25, 0.3) is 5.91 Å². The van der Waals surface area contributed by atoms with Gasteiger partial charge in [-0.15, -0.1) is 0 Å². The van der Waals surface area contributed by atoms with Crippen LogP contribution in [-0.2, 0) is 14.6 Å². The first-order valence-electron chi connectivity index (χ1n) is 11.9. The summed E-state index contributed by atoms with van der Waals surface area (Å²) >= 11 is 0. The average Bonchev–Trinajstić information content (AvgIpc) is 3.45. The largest absolute Gasteiger partial charge is 0.340 e. The van der Waals surface area contributed by atoms with Crippen molar-refractivity contribution in [1.29, 1.82) is 0 Å². The smallest absolute Gasteiger partial charge is 0.253 e. The van der Waals surface area contributed by atoms with Crippen LogP contribution in [0.25, 0.3) is 16.9 Å². The summed E-state index contributed by atoms with van der Waals surface area (Å²) in [5, 5.41) is 6.79. The minimum atomic E-state index is -3.98. The molecule has 1 atom stereocenters. The number of benzene rings is 2. The van der Waals surface area contributed by atoms with Gasteiger partial charge in [0.1, 0.15) is 10.9 Å². The predicted octanol–water partition coefficient (Wildman–Crippen LogP) is 3.40. The fraction of sp³-hybridized carbons (Fsp3) is 0.185. The lowest BCUT2D eigenvalue weighted by Gasteiger charge is -2.33. The Labute approximate surface area is 218 Å². The van der Waals surface area contributed by atoms with Crippen LogP contribution in [0.5, 0.6) is 0 Å². The van der Waals surface area contributed by atoms with Crippen molar-refractivity contribution in [2.45, 2.75) is 23.8 Å². The van der Waals surface area contributed by atoms with E-state index in [2.05, 4.69) is 15.4 Å². The summed E-state index contributed by atoms with van der Waals surface area (Å²) < 4.78 is 42.6. The molecule has 11 heteroatoms. The predicted molar refractivity (Wildman–Crippen MR) is 139 cm³/mol. The molecule has 1 unspecified atom stereocenters. The molecule has 4 aromatic rings. The number of amides is 2. The zero-order chi connectivity index (χ0) is 26.9. The van der Waals surface area contributed by atoms with Gasteiger partial charge < -0.3 is 10.2 Å². The molecule has 3 heterocycles. The maximum absolute atomic E-state index is 15.8. The van der Waals surface area contributed by atoms with Crippen molar-refractivity contribution >= 4 is 27.3 Å². The summed E-state index contributed by atoms with van der Waals surface area (Å²) in [5.41, 5.74) is 0.873. The van der Waals surface area contributed by atoms with Gasteiger partial charge in [0.2, 0.25) is 5.91 Å². The van der Waals surface area contributed by atoms with Crippen LogP contribution in [0.1, 0.15) is 23.2 Å². The minimum Gasteiger partial charge on any atom is -0.340 e. The number of halogens is 1. The molecule has 38 heavy (non-hydrogen) atoms. The second-order valence-corrected chi connectivity index (χ2v) is 10.9. The normalized spacial score (nSPS) is 15.9. The Balaban J connectivity index is 1.40. The number of nitrogens with one attached hydrogen (secondary N) is 1. The van der Waals surface area contributed by atoms with Crippen LogP contribution >= 0.6 is 0 Å². The maximum Gasteiger partial charge on any atom is 0.253 e. The van der Waals surface area contributed by atoms with E-state index in [9.17, 15) is 18.0 Å². The molecule has 0 aliphatic carbocycles. The van der Waals surface area contributed by atoms with Gasteiger partial charge in [-0.2, -0.15) is 5.10 Å². The summed E-state index contributed by atoms with van der Waals surface area (Å²) in [4.78, 5) is 31.2. The van der Waals surface area contributed by atoms with Crippen LogP contribution in [0.15, 0.2) is 84.1 Å². The van der Waals surface area contributed by atoms with Crippen LogP contribution in [-0.4, -0.2) is 53.8 Å². The third-order valence-electron chi connectivity index (χ3n) is 6.32. The Bertz CT molecular complexity index is 1590. The van der Waals surface area contributed by atoms with Crippen LogP contribution in [0.2, 0.25) is 0 Å². The number of aromatic nitrogens is 3. The molecule has 5 rings (SSSR count). The van der Waals surface area contributed by atoms with Crippen LogP contribution in [0.4, 0.5) is 10.1 Å². The number of piperidine rings is 1. The molecule has 1 aliphatic rings. The highest BCUT2D eigenvalue weighted by Crippen LogP contribution is 2.36. The first kappa shape index (κ1) is 25.3. The van der Waals surface area contributed by atoms with E-state index >= 15 is 4.39 Å². The van der Waals surface area contributed by atoms with E-state index in [1.165, 1.54) is 23.2 Å². The van der Waals surface area contributed by atoms with Crippen molar-refractivity contribution in [1.82, 2.24) is 20.1 Å². The zero-order valence-electron chi connectivity index (χ0n) is 20.4. The molecule has 2 aromatic carbocycles. The number of carbonyl (C=O) groups is 2. The number of carbonyl (C=O) groups excluding carboxylic acids is 2. The molecule has 0 spiro atoms. The lowest BCUT2D eigenvalue weighted by molar-refractivity contribution is -0.121. The Morgan fingerprint density at radius 3 is 2.53 bits per heavy atom. The highest BCUT2D eigenvalue weighted by molar-refractivity contribution is 7.90. The van der Waals surface area contributed by atoms with E-state index in [0.717, 1.165) is 6.26 Å². The Morgan fingerprint density at radius 2 is 1.87 bits per heavy atom. The van der Waals surface area contributed by atoms with Crippen LogP contribution < -0.4 is 10.2 Å². The summed E-state index contributed by atoms with van der Waals surface area (Å²) in [6, 6.07) is 15.6. The Kier molecular flexibility index (Phi) is 6.77. The average molecular weight is 534 g/mol. The lowest BCUT2D eigenvalue weighted by atomic mass is 10.0. The molecular formula is C27H24FN5O4S. The fourth-order valence-electron chi connectivity index (χ4n) is 4.51. The molecule has 1 N–H and O–H groups in total. The molecule has 1 saturated heterocycles. The van der Waals surface area contributed by atoms with E-state index in [4.69, 9.17) is 0 Å². The standard InChI is InChI=1S/C27H24FN5O4S/c1-38(36,37)25-20(18-7-3-2-4-8-18)11-12-22(24(25)28)32-15-5-9-21(27(32)35)31-26(34)19-10-13-23(29-17-19)33-16-6-14-30-33/h2-4,6-8,10-14,16-17,21H,5,9,15H2,1H3,(H,31,34). The van der Waals surface area contributed by atoms with Gasteiger partial charge in [-0.05, 0) is 42.7 Å². The summed E-state index contributed by atoms with van der Waals surface area (Å²) in [5.74, 6) is -1.48. The van der Waals surface area contributed by atoms with E-state index in [1.807, 2.05) is 0 Å². The Hall–Kier alpha value is -4.38. The molecule has 2 aromatic heterocycles. The van der Waals surface area contributed by atoms with E-state index in [-0.39, 0.29) is 23.4 Å². The molecular weight excluding hydrogens is 509 g/mol. The second-order valence-electron chi connectivity index (χ2n) is 8.93. The topological polar surface area (TPSA) is 114 Å². The number of hydrogen-bond acceptors (Lipinski definition) is 6. The monoisotopic (exact) mass is 533 g/mol. The molecule has 2 amide bonds. The molecule has 0 radical (unpaired) electrons. The van der Waals surface area contributed by atoms with Crippen molar-refractivity contribution in [3.05, 3.63) is 90.6 Å².